The van der Waals surface area contributed by atoms with Crippen LogP contribution in [0.1, 0.15) is 10.4 Å². The van der Waals surface area contributed by atoms with Gasteiger partial charge in [-0.25, -0.2) is 0 Å². The van der Waals surface area contributed by atoms with Gasteiger partial charge in [0.1, 0.15) is 0 Å². The minimum atomic E-state index is -0.437. The molecule has 0 unspecified atom stereocenters. The number of primary amides is 1. The number of pyridine rings is 2. The average molecular weight is 223 g/mol. The topological polar surface area (TPSA) is 68.9 Å². The maximum Gasteiger partial charge on any atom is 0.248 e. The van der Waals surface area contributed by atoms with Gasteiger partial charge in [0, 0.05) is 40.3 Å². The van der Waals surface area contributed by atoms with Crippen LogP contribution in [-0.2, 0) is 0 Å². The van der Waals surface area contributed by atoms with Crippen LogP contribution in [0.4, 0.5) is 0 Å². The van der Waals surface area contributed by atoms with Gasteiger partial charge in [-0.2, -0.15) is 0 Å². The third-order valence-corrected chi connectivity index (χ3v) is 2.77. The van der Waals surface area contributed by atoms with Gasteiger partial charge in [-0.05, 0) is 24.3 Å². The number of rotatable bonds is 1. The number of carbonyl (C=O) groups excluding carboxylic acids is 1. The molecule has 17 heavy (non-hydrogen) atoms. The number of benzene rings is 1. The van der Waals surface area contributed by atoms with Crippen LogP contribution in [0.25, 0.3) is 21.7 Å². The minimum Gasteiger partial charge on any atom is -0.366 e. The van der Waals surface area contributed by atoms with Crippen molar-refractivity contribution < 1.29 is 4.79 Å². The Hall–Kier alpha value is -2.49. The van der Waals surface area contributed by atoms with Crippen LogP contribution < -0.4 is 5.73 Å². The van der Waals surface area contributed by atoms with Crippen LogP contribution in [0.2, 0.25) is 0 Å². The summed E-state index contributed by atoms with van der Waals surface area (Å²) in [6.07, 6.45) is 5.28. The summed E-state index contributed by atoms with van der Waals surface area (Å²) < 4.78 is 0. The molecule has 82 valence electrons. The SMILES string of the molecule is NC(=O)c1ccc2ncc3ccncc3c2c1. The molecular weight excluding hydrogens is 214 g/mol. The third-order valence-electron chi connectivity index (χ3n) is 2.77. The summed E-state index contributed by atoms with van der Waals surface area (Å²) in [5.74, 6) is -0.437. The first kappa shape index (κ1) is 9.72. The summed E-state index contributed by atoms with van der Waals surface area (Å²) in [5, 5.41) is 2.86. The Morgan fingerprint density at radius 2 is 2.00 bits per heavy atom. The van der Waals surface area contributed by atoms with E-state index in [9.17, 15) is 4.79 Å². The second kappa shape index (κ2) is 3.52. The summed E-state index contributed by atoms with van der Waals surface area (Å²) in [4.78, 5) is 19.6. The van der Waals surface area contributed by atoms with Crippen molar-refractivity contribution in [2.75, 3.05) is 0 Å². The molecule has 3 rings (SSSR count). The minimum absolute atomic E-state index is 0.437. The Kier molecular flexibility index (Phi) is 2.01. The molecule has 0 radical (unpaired) electrons. The molecule has 3 aromatic rings. The fourth-order valence-corrected chi connectivity index (χ4v) is 1.90. The van der Waals surface area contributed by atoms with Crippen LogP contribution in [0.15, 0.2) is 42.9 Å². The Morgan fingerprint density at radius 1 is 1.12 bits per heavy atom. The number of nitrogens with two attached hydrogens (primary N) is 1. The van der Waals surface area contributed by atoms with E-state index in [0.29, 0.717) is 5.56 Å². The summed E-state index contributed by atoms with van der Waals surface area (Å²) >= 11 is 0. The van der Waals surface area contributed by atoms with Crippen molar-refractivity contribution in [3.8, 4) is 0 Å². The highest BCUT2D eigenvalue weighted by Crippen LogP contribution is 2.23. The van der Waals surface area contributed by atoms with E-state index in [-0.39, 0.29) is 0 Å². The van der Waals surface area contributed by atoms with E-state index < -0.39 is 5.91 Å². The lowest BCUT2D eigenvalue weighted by atomic mass is 10.1. The molecule has 0 fully saturated rings. The van der Waals surface area contributed by atoms with Crippen molar-refractivity contribution in [3.63, 3.8) is 0 Å². The van der Waals surface area contributed by atoms with Crippen LogP contribution in [0.3, 0.4) is 0 Å². The summed E-state index contributed by atoms with van der Waals surface area (Å²) in [6.45, 7) is 0. The lowest BCUT2D eigenvalue weighted by molar-refractivity contribution is 0.100. The zero-order chi connectivity index (χ0) is 11.8. The maximum atomic E-state index is 11.2. The molecule has 1 amide bonds. The molecule has 0 aliphatic heterocycles. The highest BCUT2D eigenvalue weighted by molar-refractivity contribution is 6.07. The predicted molar refractivity (Wildman–Crippen MR) is 65.6 cm³/mol. The van der Waals surface area contributed by atoms with Crippen molar-refractivity contribution >= 4 is 27.6 Å². The maximum absolute atomic E-state index is 11.2. The fraction of sp³-hybridized carbons (Fsp3) is 0. The quantitative estimate of drug-likeness (QED) is 0.640. The van der Waals surface area contributed by atoms with Gasteiger partial charge >= 0.3 is 0 Å². The molecule has 0 bridgehead atoms. The number of hydrogen-bond acceptors (Lipinski definition) is 3. The number of fused-ring (bicyclic) bond motifs is 3. The lowest BCUT2D eigenvalue weighted by Crippen LogP contribution is -2.10. The fourth-order valence-electron chi connectivity index (χ4n) is 1.90. The van der Waals surface area contributed by atoms with Crippen molar-refractivity contribution in [1.29, 1.82) is 0 Å². The molecular formula is C13H9N3O. The number of nitrogens with zero attached hydrogens (tertiary/aromatic N) is 2. The van der Waals surface area contributed by atoms with Crippen LogP contribution in [-0.4, -0.2) is 15.9 Å². The van der Waals surface area contributed by atoms with Gasteiger partial charge in [0.15, 0.2) is 0 Å². The van der Waals surface area contributed by atoms with E-state index in [4.69, 9.17) is 5.73 Å². The van der Waals surface area contributed by atoms with Gasteiger partial charge in [0.2, 0.25) is 5.91 Å². The first-order valence-electron chi connectivity index (χ1n) is 5.18. The molecule has 1 aromatic carbocycles. The van der Waals surface area contributed by atoms with Crippen LogP contribution >= 0.6 is 0 Å². The highest BCUT2D eigenvalue weighted by atomic mass is 16.1. The van der Waals surface area contributed by atoms with Crippen molar-refractivity contribution in [2.24, 2.45) is 5.73 Å². The van der Waals surface area contributed by atoms with Gasteiger partial charge in [-0.15, -0.1) is 0 Å². The second-order valence-electron chi connectivity index (χ2n) is 3.82. The van der Waals surface area contributed by atoms with E-state index in [1.807, 2.05) is 6.07 Å². The number of carbonyl (C=O) groups is 1. The number of aromatic nitrogens is 2. The number of hydrogen-bond donors (Lipinski definition) is 1. The smallest absolute Gasteiger partial charge is 0.248 e. The average Bonchev–Trinajstić information content (AvgIpc) is 2.38. The summed E-state index contributed by atoms with van der Waals surface area (Å²) in [5.41, 5.74) is 6.59. The first-order valence-corrected chi connectivity index (χ1v) is 5.18. The number of amides is 1. The second-order valence-corrected chi connectivity index (χ2v) is 3.82. The van der Waals surface area contributed by atoms with Crippen LogP contribution in [0, 0.1) is 0 Å². The van der Waals surface area contributed by atoms with Crippen LogP contribution in [0.5, 0.6) is 0 Å². The zero-order valence-corrected chi connectivity index (χ0v) is 8.92. The molecule has 0 aliphatic rings. The van der Waals surface area contributed by atoms with E-state index in [0.717, 1.165) is 21.7 Å². The molecule has 0 atom stereocenters. The molecule has 2 aromatic heterocycles. The zero-order valence-electron chi connectivity index (χ0n) is 8.92. The van der Waals surface area contributed by atoms with E-state index in [1.165, 1.54) is 0 Å². The molecule has 0 spiro atoms. The Morgan fingerprint density at radius 3 is 2.82 bits per heavy atom. The van der Waals surface area contributed by atoms with Crippen molar-refractivity contribution in [1.82, 2.24) is 9.97 Å². The summed E-state index contributed by atoms with van der Waals surface area (Å²) in [7, 11) is 0. The van der Waals surface area contributed by atoms with E-state index >= 15 is 0 Å². The molecule has 4 nitrogen and oxygen atoms in total. The summed E-state index contributed by atoms with van der Waals surface area (Å²) in [6, 6.07) is 7.12. The highest BCUT2D eigenvalue weighted by Gasteiger charge is 2.05. The Balaban J connectivity index is 2.46. The van der Waals surface area contributed by atoms with Crippen molar-refractivity contribution in [2.45, 2.75) is 0 Å². The van der Waals surface area contributed by atoms with Gasteiger partial charge in [0.25, 0.3) is 0 Å². The van der Waals surface area contributed by atoms with Gasteiger partial charge in [-0.1, -0.05) is 0 Å². The first-order chi connectivity index (χ1) is 8.25. The predicted octanol–water partition coefficient (Wildman–Crippen LogP) is 1.88. The monoisotopic (exact) mass is 223 g/mol. The van der Waals surface area contributed by atoms with Gasteiger partial charge in [0.05, 0.1) is 5.52 Å². The Labute approximate surface area is 97.1 Å². The van der Waals surface area contributed by atoms with Gasteiger partial charge < -0.3 is 5.73 Å². The molecule has 2 N–H and O–H groups in total. The van der Waals surface area contributed by atoms with Gasteiger partial charge in [-0.3, -0.25) is 14.8 Å². The molecule has 0 aliphatic carbocycles. The molecule has 2 heterocycles. The molecule has 0 saturated carbocycles. The largest absolute Gasteiger partial charge is 0.366 e. The Bertz CT molecular complexity index is 737. The van der Waals surface area contributed by atoms with E-state index in [1.54, 1.807) is 36.8 Å². The normalized spacial score (nSPS) is 10.8. The third kappa shape index (κ3) is 1.50. The van der Waals surface area contributed by atoms with Crippen molar-refractivity contribution in [3.05, 3.63) is 48.4 Å². The standard InChI is InChI=1S/C13H9N3O/c14-13(17)8-1-2-12-10(5-8)11-7-15-4-3-9(11)6-16-12/h1-7H,(H2,14,17). The molecule has 4 heteroatoms. The lowest BCUT2D eigenvalue weighted by Gasteiger charge is -2.03. The van der Waals surface area contributed by atoms with E-state index in [2.05, 4.69) is 9.97 Å². The molecule has 0 saturated heterocycles.